The molecule has 124 valence electrons. The van der Waals surface area contributed by atoms with Gasteiger partial charge in [-0.25, -0.2) is 9.18 Å². The predicted octanol–water partition coefficient (Wildman–Crippen LogP) is 0.947. The van der Waals surface area contributed by atoms with E-state index in [0.29, 0.717) is 0 Å². The van der Waals surface area contributed by atoms with Gasteiger partial charge in [-0.15, -0.1) is 0 Å². The van der Waals surface area contributed by atoms with Crippen LogP contribution in [0.1, 0.15) is 6.42 Å². The van der Waals surface area contributed by atoms with E-state index in [2.05, 4.69) is 16.0 Å². The zero-order chi connectivity index (χ0) is 17.0. The van der Waals surface area contributed by atoms with Crippen LogP contribution in [0.4, 0.5) is 14.9 Å². The topological polar surface area (TPSA) is 90.5 Å². The molecule has 0 saturated carbocycles. The maximum Gasteiger partial charge on any atom is 0.322 e. The number of urea groups is 1. The van der Waals surface area contributed by atoms with Crippen LogP contribution >= 0.6 is 11.6 Å². The van der Waals surface area contributed by atoms with Gasteiger partial charge in [-0.3, -0.25) is 9.59 Å². The van der Waals surface area contributed by atoms with Crippen LogP contribution in [-0.2, 0) is 9.59 Å². The van der Waals surface area contributed by atoms with Gasteiger partial charge in [-0.1, -0.05) is 11.6 Å². The van der Waals surface area contributed by atoms with Crippen LogP contribution in [0.15, 0.2) is 18.2 Å². The summed E-state index contributed by atoms with van der Waals surface area (Å²) in [5.74, 6) is -1.43. The molecule has 4 amide bonds. The molecule has 0 aliphatic carbocycles. The smallest absolute Gasteiger partial charge is 0.322 e. The molecule has 2 rings (SSSR count). The molecule has 7 nitrogen and oxygen atoms in total. The van der Waals surface area contributed by atoms with Crippen molar-refractivity contribution in [3.05, 3.63) is 29.0 Å². The van der Waals surface area contributed by atoms with Crippen molar-refractivity contribution in [3.8, 4) is 0 Å². The first kappa shape index (κ1) is 17.0. The number of hydrogen-bond donors (Lipinski definition) is 3. The van der Waals surface area contributed by atoms with Gasteiger partial charge in [-0.05, 0) is 18.2 Å². The number of piperazine rings is 1. The highest BCUT2D eigenvalue weighted by Gasteiger charge is 2.34. The van der Waals surface area contributed by atoms with Crippen molar-refractivity contribution >= 4 is 35.1 Å². The van der Waals surface area contributed by atoms with E-state index in [1.54, 1.807) is 0 Å². The van der Waals surface area contributed by atoms with Crippen molar-refractivity contribution in [1.29, 1.82) is 0 Å². The number of rotatable bonds is 3. The summed E-state index contributed by atoms with van der Waals surface area (Å²) in [5.41, 5.74) is 0.210. The zero-order valence-corrected chi connectivity index (χ0v) is 13.1. The van der Waals surface area contributed by atoms with Crippen molar-refractivity contribution in [2.45, 2.75) is 12.5 Å². The minimum absolute atomic E-state index is 0.0576. The molecule has 1 heterocycles. The number of anilines is 1. The number of carbonyl (C=O) groups is 3. The molecule has 1 saturated heterocycles. The molecule has 1 aliphatic heterocycles. The first-order valence-corrected chi connectivity index (χ1v) is 7.31. The highest BCUT2D eigenvalue weighted by Crippen LogP contribution is 2.19. The maximum absolute atomic E-state index is 13.4. The third kappa shape index (κ3) is 4.10. The predicted molar refractivity (Wildman–Crippen MR) is 82.6 cm³/mol. The summed E-state index contributed by atoms with van der Waals surface area (Å²) in [6.45, 7) is 0.529. The van der Waals surface area contributed by atoms with Gasteiger partial charge in [0.15, 0.2) is 0 Å². The van der Waals surface area contributed by atoms with Gasteiger partial charge in [0.25, 0.3) is 0 Å². The van der Waals surface area contributed by atoms with E-state index in [4.69, 9.17) is 11.6 Å². The molecule has 1 aromatic carbocycles. The van der Waals surface area contributed by atoms with Crippen LogP contribution in [0, 0.1) is 5.82 Å². The number of amides is 4. The Morgan fingerprint density at radius 2 is 2.22 bits per heavy atom. The zero-order valence-electron chi connectivity index (χ0n) is 12.4. The summed E-state index contributed by atoms with van der Waals surface area (Å²) in [6.07, 6.45) is -0.148. The van der Waals surface area contributed by atoms with Gasteiger partial charge in [0.2, 0.25) is 11.8 Å². The molecule has 1 aliphatic rings. The fourth-order valence-corrected chi connectivity index (χ4v) is 2.33. The van der Waals surface area contributed by atoms with Gasteiger partial charge in [0.05, 0.1) is 11.4 Å². The Bertz CT molecular complexity index is 640. The normalized spacial score (nSPS) is 17.4. The van der Waals surface area contributed by atoms with Crippen LogP contribution in [0.3, 0.4) is 0 Å². The molecule has 1 fully saturated rings. The fraction of sp³-hybridized carbons (Fsp3) is 0.357. The second-order valence-electron chi connectivity index (χ2n) is 4.94. The summed E-state index contributed by atoms with van der Waals surface area (Å²) >= 11 is 5.59. The Morgan fingerprint density at radius 1 is 1.48 bits per heavy atom. The van der Waals surface area contributed by atoms with E-state index >= 15 is 0 Å². The summed E-state index contributed by atoms with van der Waals surface area (Å²) in [6, 6.07) is 2.34. The Labute approximate surface area is 137 Å². The van der Waals surface area contributed by atoms with Gasteiger partial charge < -0.3 is 20.9 Å². The van der Waals surface area contributed by atoms with Gasteiger partial charge >= 0.3 is 6.03 Å². The minimum Gasteiger partial charge on any atom is -0.359 e. The van der Waals surface area contributed by atoms with E-state index in [-0.39, 0.29) is 36.1 Å². The van der Waals surface area contributed by atoms with E-state index < -0.39 is 23.8 Å². The first-order valence-electron chi connectivity index (χ1n) is 6.93. The summed E-state index contributed by atoms with van der Waals surface area (Å²) in [7, 11) is 1.45. The fourth-order valence-electron chi connectivity index (χ4n) is 2.21. The standard InChI is InChI=1S/C14H16ClFN4O3/c1-17-12(21)7-11-13(22)18-4-5-20(11)14(23)19-8-2-3-9(15)10(16)6-8/h2-3,6,11H,4-5,7H2,1H3,(H,17,21)(H,18,22)(H,19,23). The highest BCUT2D eigenvalue weighted by atomic mass is 35.5. The molecule has 0 radical (unpaired) electrons. The number of halogens is 2. The molecule has 1 atom stereocenters. The van der Waals surface area contributed by atoms with Crippen LogP contribution < -0.4 is 16.0 Å². The number of nitrogens with zero attached hydrogens (tertiary/aromatic N) is 1. The lowest BCUT2D eigenvalue weighted by Crippen LogP contribution is -2.59. The van der Waals surface area contributed by atoms with Crippen molar-refractivity contribution in [2.24, 2.45) is 0 Å². The average Bonchev–Trinajstić information content (AvgIpc) is 2.52. The van der Waals surface area contributed by atoms with Gasteiger partial charge in [0.1, 0.15) is 11.9 Å². The summed E-state index contributed by atoms with van der Waals surface area (Å²) < 4.78 is 13.4. The number of carbonyl (C=O) groups excluding carboxylic acids is 3. The van der Waals surface area contributed by atoms with E-state index in [9.17, 15) is 18.8 Å². The molecule has 3 N–H and O–H groups in total. The Balaban J connectivity index is 2.12. The second-order valence-corrected chi connectivity index (χ2v) is 5.34. The van der Waals surface area contributed by atoms with Crippen molar-refractivity contribution in [3.63, 3.8) is 0 Å². The van der Waals surface area contributed by atoms with Gasteiger partial charge in [0, 0.05) is 25.8 Å². The molecular formula is C14H16ClFN4O3. The third-order valence-corrected chi connectivity index (χ3v) is 3.73. The van der Waals surface area contributed by atoms with Crippen LogP contribution in [0.5, 0.6) is 0 Å². The molecule has 23 heavy (non-hydrogen) atoms. The third-order valence-electron chi connectivity index (χ3n) is 3.42. The van der Waals surface area contributed by atoms with Gasteiger partial charge in [-0.2, -0.15) is 0 Å². The lowest BCUT2D eigenvalue weighted by atomic mass is 10.1. The van der Waals surface area contributed by atoms with E-state index in [1.165, 1.54) is 24.1 Å². The number of benzene rings is 1. The lowest BCUT2D eigenvalue weighted by molar-refractivity contribution is -0.132. The molecule has 9 heteroatoms. The molecule has 1 unspecified atom stereocenters. The molecular weight excluding hydrogens is 327 g/mol. The largest absolute Gasteiger partial charge is 0.359 e. The summed E-state index contributed by atoms with van der Waals surface area (Å²) in [5, 5.41) is 7.46. The first-order chi connectivity index (χ1) is 10.9. The number of nitrogens with one attached hydrogen (secondary N) is 3. The number of hydrogen-bond acceptors (Lipinski definition) is 3. The van der Waals surface area contributed by atoms with Crippen molar-refractivity contribution < 1.29 is 18.8 Å². The van der Waals surface area contributed by atoms with E-state index in [1.807, 2.05) is 0 Å². The molecule has 1 aromatic rings. The Hall–Kier alpha value is -2.35. The van der Waals surface area contributed by atoms with Crippen LogP contribution in [0.2, 0.25) is 5.02 Å². The van der Waals surface area contributed by atoms with Crippen molar-refractivity contribution in [2.75, 3.05) is 25.5 Å². The SMILES string of the molecule is CNC(=O)CC1C(=O)NCCN1C(=O)Nc1ccc(Cl)c(F)c1. The maximum atomic E-state index is 13.4. The van der Waals surface area contributed by atoms with Crippen LogP contribution in [0.25, 0.3) is 0 Å². The summed E-state index contributed by atoms with van der Waals surface area (Å²) in [4.78, 5) is 37.0. The average molecular weight is 343 g/mol. The van der Waals surface area contributed by atoms with Crippen LogP contribution in [-0.4, -0.2) is 48.9 Å². The van der Waals surface area contributed by atoms with E-state index in [0.717, 1.165) is 6.07 Å². The highest BCUT2D eigenvalue weighted by molar-refractivity contribution is 6.30. The quantitative estimate of drug-likeness (QED) is 0.763. The molecule has 0 aromatic heterocycles. The molecule has 0 bridgehead atoms. The Morgan fingerprint density at radius 3 is 2.87 bits per heavy atom. The van der Waals surface area contributed by atoms with Crippen molar-refractivity contribution in [1.82, 2.24) is 15.5 Å². The lowest BCUT2D eigenvalue weighted by Gasteiger charge is -2.34. The Kier molecular flexibility index (Phi) is 5.38. The molecule has 0 spiro atoms. The second kappa shape index (κ2) is 7.28. The monoisotopic (exact) mass is 342 g/mol. The minimum atomic E-state index is -0.916.